The van der Waals surface area contributed by atoms with Gasteiger partial charge in [-0.25, -0.2) is 14.6 Å². The summed E-state index contributed by atoms with van der Waals surface area (Å²) in [5, 5.41) is 11.9. The van der Waals surface area contributed by atoms with E-state index in [1.165, 1.54) is 0 Å². The summed E-state index contributed by atoms with van der Waals surface area (Å²) in [6.45, 7) is 8.06. The maximum absolute atomic E-state index is 11.2. The average molecular weight is 339 g/mol. The van der Waals surface area contributed by atoms with Crippen molar-refractivity contribution in [3.63, 3.8) is 0 Å². The maximum Gasteiger partial charge on any atom is 0.335 e. The van der Waals surface area contributed by atoms with Crippen molar-refractivity contribution >= 4 is 5.97 Å². The molecule has 0 saturated carbocycles. The highest BCUT2D eigenvalue weighted by atomic mass is 16.6. The fourth-order valence-electron chi connectivity index (χ4n) is 2.21. The van der Waals surface area contributed by atoms with Crippen LogP contribution in [-0.4, -0.2) is 43.0 Å². The van der Waals surface area contributed by atoms with Crippen LogP contribution < -0.4 is 5.32 Å². The zero-order chi connectivity index (χ0) is 18.5. The largest absolute Gasteiger partial charge is 0.458 e. The van der Waals surface area contributed by atoms with Crippen LogP contribution in [0.15, 0.2) is 30.3 Å². The molecule has 1 saturated heterocycles. The van der Waals surface area contributed by atoms with Crippen molar-refractivity contribution < 1.29 is 24.4 Å². The van der Waals surface area contributed by atoms with Gasteiger partial charge in [0.15, 0.2) is 6.61 Å². The molecule has 1 aliphatic rings. The van der Waals surface area contributed by atoms with Crippen molar-refractivity contribution in [3.05, 3.63) is 35.9 Å². The number of nitrogens with one attached hydrogen (secondary N) is 1. The number of hydrogen-bond acceptors (Lipinski definition) is 6. The number of benzene rings is 1. The van der Waals surface area contributed by atoms with E-state index >= 15 is 0 Å². The first-order chi connectivity index (χ1) is 11.9. The minimum Gasteiger partial charge on any atom is -0.458 e. The van der Waals surface area contributed by atoms with Crippen molar-refractivity contribution in [2.75, 3.05) is 26.3 Å². The minimum atomic E-state index is -0.500. The number of esters is 1. The Labute approximate surface area is 150 Å². The highest BCUT2D eigenvalue weighted by molar-refractivity contribution is 5.71. The van der Waals surface area contributed by atoms with E-state index < -0.39 is 11.6 Å². The Morgan fingerprint density at radius 1 is 1.24 bits per heavy atom. The smallest absolute Gasteiger partial charge is 0.335 e. The second-order valence-corrected chi connectivity index (χ2v) is 6.97. The van der Waals surface area contributed by atoms with Gasteiger partial charge in [0.05, 0.1) is 0 Å². The van der Waals surface area contributed by atoms with Crippen LogP contribution in [0.25, 0.3) is 0 Å². The molecule has 2 rings (SSSR count). The van der Waals surface area contributed by atoms with E-state index in [9.17, 15) is 4.79 Å². The van der Waals surface area contributed by atoms with Crippen LogP contribution in [0.2, 0.25) is 0 Å². The van der Waals surface area contributed by atoms with Crippen LogP contribution in [0.1, 0.15) is 39.2 Å². The van der Waals surface area contributed by atoms with Crippen molar-refractivity contribution in [2.45, 2.75) is 45.8 Å². The van der Waals surface area contributed by atoms with E-state index in [2.05, 4.69) is 5.32 Å². The number of aliphatic hydroxyl groups excluding tert-OH is 1. The van der Waals surface area contributed by atoms with E-state index in [-0.39, 0.29) is 6.61 Å². The Kier molecular flexibility index (Phi) is 10.3. The molecule has 0 radical (unpaired) electrons. The maximum atomic E-state index is 11.2. The van der Waals surface area contributed by atoms with Crippen LogP contribution in [0.5, 0.6) is 0 Å². The van der Waals surface area contributed by atoms with Gasteiger partial charge in [0.1, 0.15) is 12.2 Å². The molecular weight excluding hydrogens is 308 g/mol. The molecule has 2 N–H and O–H groups in total. The number of carbonyl (C=O) groups is 1. The lowest BCUT2D eigenvalue weighted by molar-refractivity contribution is -0.302. The minimum absolute atomic E-state index is 0.204. The van der Waals surface area contributed by atoms with Gasteiger partial charge in [-0.2, -0.15) is 0 Å². The van der Waals surface area contributed by atoms with Gasteiger partial charge >= 0.3 is 5.97 Å². The fraction of sp³-hybridized carbons (Fsp3) is 0.632. The lowest BCUT2D eigenvalue weighted by Crippen LogP contribution is -2.29. The Morgan fingerprint density at radius 3 is 2.40 bits per heavy atom. The second kappa shape index (κ2) is 12.0. The molecule has 142 valence electrons. The van der Waals surface area contributed by atoms with Gasteiger partial charge in [-0.05, 0) is 58.2 Å². The van der Waals surface area contributed by atoms with Gasteiger partial charge in [-0.3, -0.25) is 0 Å². The summed E-state index contributed by atoms with van der Waals surface area (Å²) >= 11 is 0. The quantitative estimate of drug-likeness (QED) is 0.359. The van der Waals surface area contributed by atoms with Crippen molar-refractivity contribution in [2.24, 2.45) is 5.92 Å². The summed E-state index contributed by atoms with van der Waals surface area (Å²) in [5.74, 6) is 0.141. The van der Waals surface area contributed by atoms with E-state index in [0.29, 0.717) is 19.1 Å². The second-order valence-electron chi connectivity index (χ2n) is 6.97. The number of carbonyl (C=O) groups excluding carboxylic acids is 1. The molecule has 1 fully saturated rings. The Morgan fingerprint density at radius 2 is 1.88 bits per heavy atom. The van der Waals surface area contributed by atoms with Crippen LogP contribution in [-0.2, 0) is 25.9 Å². The Bertz CT molecular complexity index is 466. The first kappa shape index (κ1) is 21.6. The topological polar surface area (TPSA) is 77.0 Å². The Balaban J connectivity index is 0.000000324. The molecule has 0 spiro atoms. The number of aliphatic hydroxyl groups is 1. The van der Waals surface area contributed by atoms with Crippen LogP contribution >= 0.6 is 0 Å². The van der Waals surface area contributed by atoms with Crippen molar-refractivity contribution in [3.8, 4) is 0 Å². The number of rotatable bonds is 6. The van der Waals surface area contributed by atoms with Gasteiger partial charge < -0.3 is 15.2 Å². The molecule has 0 atom stereocenters. The monoisotopic (exact) mass is 339 g/mol. The molecule has 6 heteroatoms. The molecule has 0 aliphatic carbocycles. The number of piperidine rings is 1. The lowest BCUT2D eigenvalue weighted by Gasteiger charge is -2.19. The number of hydrogen-bond donors (Lipinski definition) is 2. The van der Waals surface area contributed by atoms with E-state index in [4.69, 9.17) is 19.6 Å². The molecule has 1 aromatic carbocycles. The van der Waals surface area contributed by atoms with Crippen LogP contribution in [0.3, 0.4) is 0 Å². The third kappa shape index (κ3) is 11.7. The van der Waals surface area contributed by atoms with Gasteiger partial charge in [0, 0.05) is 6.61 Å². The summed E-state index contributed by atoms with van der Waals surface area (Å²) in [4.78, 5) is 20.9. The van der Waals surface area contributed by atoms with E-state index in [1.807, 2.05) is 30.3 Å². The molecule has 1 aliphatic heterocycles. The normalized spacial score (nSPS) is 15.2. The Hall–Kier alpha value is -1.47. The summed E-state index contributed by atoms with van der Waals surface area (Å²) in [6.07, 6.45) is 2.30. The van der Waals surface area contributed by atoms with Crippen molar-refractivity contribution in [1.82, 2.24) is 5.32 Å². The van der Waals surface area contributed by atoms with E-state index in [0.717, 1.165) is 31.5 Å². The van der Waals surface area contributed by atoms with Gasteiger partial charge in [-0.15, -0.1) is 0 Å². The molecule has 0 aromatic heterocycles. The average Bonchev–Trinajstić information content (AvgIpc) is 2.59. The summed E-state index contributed by atoms with van der Waals surface area (Å²) in [5.41, 5.74) is 0.483. The molecule has 1 aromatic rings. The zero-order valence-electron chi connectivity index (χ0n) is 15.5. The fourth-order valence-corrected chi connectivity index (χ4v) is 2.21. The third-order valence-corrected chi connectivity index (χ3v) is 3.47. The van der Waals surface area contributed by atoms with Gasteiger partial charge in [-0.1, -0.05) is 30.3 Å². The highest BCUT2D eigenvalue weighted by Gasteiger charge is 2.16. The summed E-state index contributed by atoms with van der Waals surface area (Å²) in [6, 6.07) is 9.57. The van der Waals surface area contributed by atoms with Gasteiger partial charge in [0.2, 0.25) is 0 Å². The zero-order valence-corrected chi connectivity index (χ0v) is 15.5. The van der Waals surface area contributed by atoms with Crippen molar-refractivity contribution in [1.29, 1.82) is 0 Å². The predicted molar refractivity (Wildman–Crippen MR) is 95.7 cm³/mol. The summed E-state index contributed by atoms with van der Waals surface area (Å²) < 4.78 is 5.05. The molecule has 0 amide bonds. The number of ether oxygens (including phenoxy) is 1. The highest BCUT2D eigenvalue weighted by Crippen LogP contribution is 2.09. The molecule has 25 heavy (non-hydrogen) atoms. The molecule has 0 bridgehead atoms. The molecule has 0 unspecified atom stereocenters. The molecule has 1 heterocycles. The molecule has 6 nitrogen and oxygen atoms in total. The van der Waals surface area contributed by atoms with E-state index in [1.54, 1.807) is 20.8 Å². The first-order valence-electron chi connectivity index (χ1n) is 8.72. The predicted octanol–water partition coefficient (Wildman–Crippen LogP) is 2.45. The standard InChI is InChI=1S/C13H18O4.C6H13NO/c1-13(2,3)17-12(14)10-16-15-9-11-7-5-4-6-8-11;8-5-6-1-3-7-4-2-6/h4-8H,9-10H2,1-3H3;6-8H,1-5H2/i16-14;. The van der Waals surface area contributed by atoms with Crippen LogP contribution in [0, 0.1) is 5.92 Å². The van der Waals surface area contributed by atoms with Gasteiger partial charge in [0.25, 0.3) is 0 Å². The van der Waals surface area contributed by atoms with Crippen LogP contribution in [0.4, 0.5) is 0 Å². The SMILES string of the molecule is CC(C)(C)OC(=O)C[2O]OCc1ccccc1.OCC1CCNCC1. The molecular formula is C19H31NO5. The summed E-state index contributed by atoms with van der Waals surface area (Å²) in [7, 11) is 0. The lowest BCUT2D eigenvalue weighted by atomic mass is 1.83. The first-order valence-corrected chi connectivity index (χ1v) is 8.72. The third-order valence-electron chi connectivity index (χ3n) is 3.47.